The van der Waals surface area contributed by atoms with Gasteiger partial charge in [0.1, 0.15) is 12.2 Å². The standard InChI is InChI=1S/C19H26N2O5/c1-5-10-25-17(23)20-16-7-6-13(12-22)15-11-21(9-8-14(15)16)18(24)26-19(2,3)4/h5-7,22H,1,8-12H2,2-4H3,(H,20,23). The van der Waals surface area contributed by atoms with Crippen molar-refractivity contribution in [3.8, 4) is 0 Å². The van der Waals surface area contributed by atoms with Gasteiger partial charge in [0.2, 0.25) is 0 Å². The molecule has 0 bridgehead atoms. The van der Waals surface area contributed by atoms with Gasteiger partial charge in [0.25, 0.3) is 0 Å². The Bertz CT molecular complexity index is 694. The Morgan fingerprint density at radius 2 is 2.08 bits per heavy atom. The van der Waals surface area contributed by atoms with Crippen molar-refractivity contribution in [2.24, 2.45) is 0 Å². The number of carbonyl (C=O) groups excluding carboxylic acids is 2. The first-order chi connectivity index (χ1) is 12.2. The van der Waals surface area contributed by atoms with Gasteiger partial charge < -0.3 is 19.5 Å². The van der Waals surface area contributed by atoms with Gasteiger partial charge in [0, 0.05) is 18.8 Å². The van der Waals surface area contributed by atoms with Crippen LogP contribution in [0.5, 0.6) is 0 Å². The van der Waals surface area contributed by atoms with Crippen LogP contribution >= 0.6 is 0 Å². The van der Waals surface area contributed by atoms with E-state index in [4.69, 9.17) is 9.47 Å². The SMILES string of the molecule is C=CCOC(=O)Nc1ccc(CO)c2c1CCN(C(=O)OC(C)(C)C)C2. The minimum atomic E-state index is -0.574. The molecule has 0 spiro atoms. The van der Waals surface area contributed by atoms with Crippen molar-refractivity contribution < 1.29 is 24.2 Å². The molecule has 0 saturated carbocycles. The van der Waals surface area contributed by atoms with E-state index < -0.39 is 17.8 Å². The maximum atomic E-state index is 12.3. The molecule has 1 aliphatic rings. The van der Waals surface area contributed by atoms with E-state index in [1.54, 1.807) is 17.0 Å². The van der Waals surface area contributed by atoms with Crippen LogP contribution < -0.4 is 5.32 Å². The van der Waals surface area contributed by atoms with E-state index in [2.05, 4.69) is 11.9 Å². The van der Waals surface area contributed by atoms with Crippen LogP contribution in [0.1, 0.15) is 37.5 Å². The second-order valence-corrected chi connectivity index (χ2v) is 7.05. The monoisotopic (exact) mass is 362 g/mol. The fraction of sp³-hybridized carbons (Fsp3) is 0.474. The first-order valence-corrected chi connectivity index (χ1v) is 8.52. The molecule has 2 N–H and O–H groups in total. The number of nitrogens with one attached hydrogen (secondary N) is 1. The average Bonchev–Trinajstić information content (AvgIpc) is 2.58. The van der Waals surface area contributed by atoms with Gasteiger partial charge in [-0.1, -0.05) is 18.7 Å². The predicted molar refractivity (Wildman–Crippen MR) is 97.9 cm³/mol. The lowest BCUT2D eigenvalue weighted by molar-refractivity contribution is 0.0222. The number of nitrogens with zero attached hydrogens (tertiary/aromatic N) is 1. The number of amides is 2. The van der Waals surface area contributed by atoms with Crippen molar-refractivity contribution >= 4 is 17.9 Å². The number of benzene rings is 1. The van der Waals surface area contributed by atoms with Gasteiger partial charge in [0.15, 0.2) is 0 Å². The first-order valence-electron chi connectivity index (χ1n) is 8.52. The summed E-state index contributed by atoms with van der Waals surface area (Å²) in [6, 6.07) is 3.48. The smallest absolute Gasteiger partial charge is 0.411 e. The highest BCUT2D eigenvalue weighted by molar-refractivity contribution is 5.86. The molecule has 0 fully saturated rings. The van der Waals surface area contributed by atoms with E-state index >= 15 is 0 Å². The zero-order valence-electron chi connectivity index (χ0n) is 15.5. The number of fused-ring (bicyclic) bond motifs is 1. The van der Waals surface area contributed by atoms with Crippen molar-refractivity contribution in [2.45, 2.75) is 45.9 Å². The molecule has 0 saturated heterocycles. The zero-order valence-corrected chi connectivity index (χ0v) is 15.5. The fourth-order valence-electron chi connectivity index (χ4n) is 2.77. The molecule has 1 aromatic carbocycles. The summed E-state index contributed by atoms with van der Waals surface area (Å²) in [5.41, 5.74) is 2.49. The number of hydrogen-bond donors (Lipinski definition) is 2. The minimum absolute atomic E-state index is 0.120. The van der Waals surface area contributed by atoms with Gasteiger partial charge in [-0.15, -0.1) is 0 Å². The predicted octanol–water partition coefficient (Wildman–Crippen LogP) is 3.21. The third-order valence-electron chi connectivity index (χ3n) is 3.90. The lowest BCUT2D eigenvalue weighted by Crippen LogP contribution is -2.40. The molecule has 1 aromatic rings. The molecule has 7 heteroatoms. The Morgan fingerprint density at radius 1 is 1.35 bits per heavy atom. The highest BCUT2D eigenvalue weighted by Crippen LogP contribution is 2.30. The highest BCUT2D eigenvalue weighted by Gasteiger charge is 2.28. The van der Waals surface area contributed by atoms with E-state index in [1.807, 2.05) is 20.8 Å². The second kappa shape index (κ2) is 8.23. The average molecular weight is 362 g/mol. The third-order valence-corrected chi connectivity index (χ3v) is 3.90. The van der Waals surface area contributed by atoms with Crippen LogP contribution in [0.25, 0.3) is 0 Å². The Labute approximate surface area is 153 Å². The van der Waals surface area contributed by atoms with Crippen LogP contribution in [0.15, 0.2) is 24.8 Å². The van der Waals surface area contributed by atoms with Gasteiger partial charge >= 0.3 is 12.2 Å². The maximum Gasteiger partial charge on any atom is 0.411 e. The zero-order chi connectivity index (χ0) is 19.3. The van der Waals surface area contributed by atoms with Crippen LogP contribution in [0.2, 0.25) is 0 Å². The van der Waals surface area contributed by atoms with E-state index in [0.29, 0.717) is 25.2 Å². The molecule has 1 aliphatic heterocycles. The Morgan fingerprint density at radius 3 is 2.69 bits per heavy atom. The Balaban J connectivity index is 2.22. The van der Waals surface area contributed by atoms with Crippen molar-refractivity contribution in [3.05, 3.63) is 41.5 Å². The third kappa shape index (κ3) is 4.98. The molecule has 7 nitrogen and oxygen atoms in total. The number of anilines is 1. The van der Waals surface area contributed by atoms with Gasteiger partial charge in [0.05, 0.1) is 6.61 Å². The normalized spacial score (nSPS) is 13.6. The van der Waals surface area contributed by atoms with Crippen LogP contribution in [0.4, 0.5) is 15.3 Å². The van der Waals surface area contributed by atoms with E-state index in [0.717, 1.165) is 16.7 Å². The van der Waals surface area contributed by atoms with E-state index in [9.17, 15) is 14.7 Å². The molecule has 26 heavy (non-hydrogen) atoms. The molecule has 1 heterocycles. The molecule has 142 valence electrons. The molecular weight excluding hydrogens is 336 g/mol. The van der Waals surface area contributed by atoms with Gasteiger partial charge in [-0.05, 0) is 49.9 Å². The molecule has 0 radical (unpaired) electrons. The van der Waals surface area contributed by atoms with Gasteiger partial charge in [-0.2, -0.15) is 0 Å². The van der Waals surface area contributed by atoms with Crippen molar-refractivity contribution in [1.29, 1.82) is 0 Å². The number of carbonyl (C=O) groups is 2. The molecule has 2 rings (SSSR count). The molecule has 2 amide bonds. The fourth-order valence-corrected chi connectivity index (χ4v) is 2.77. The van der Waals surface area contributed by atoms with E-state index in [1.165, 1.54) is 6.08 Å². The summed E-state index contributed by atoms with van der Waals surface area (Å²) in [4.78, 5) is 25.8. The van der Waals surface area contributed by atoms with Crippen LogP contribution in [-0.2, 0) is 29.0 Å². The highest BCUT2D eigenvalue weighted by atomic mass is 16.6. The van der Waals surface area contributed by atoms with Gasteiger partial charge in [-0.25, -0.2) is 9.59 Å². The summed E-state index contributed by atoms with van der Waals surface area (Å²) in [5, 5.41) is 12.3. The minimum Gasteiger partial charge on any atom is -0.445 e. The number of rotatable bonds is 4. The first kappa shape index (κ1) is 19.8. The van der Waals surface area contributed by atoms with Crippen molar-refractivity contribution in [3.63, 3.8) is 0 Å². The number of aliphatic hydroxyl groups excluding tert-OH is 1. The van der Waals surface area contributed by atoms with Crippen LogP contribution in [-0.4, -0.2) is 40.9 Å². The largest absolute Gasteiger partial charge is 0.445 e. The second-order valence-electron chi connectivity index (χ2n) is 7.05. The topological polar surface area (TPSA) is 88.1 Å². The van der Waals surface area contributed by atoms with Crippen LogP contribution in [0, 0.1) is 0 Å². The summed E-state index contributed by atoms with van der Waals surface area (Å²) in [6.45, 7) is 9.71. The summed E-state index contributed by atoms with van der Waals surface area (Å²) in [6.07, 6.45) is 1.07. The van der Waals surface area contributed by atoms with Gasteiger partial charge in [-0.3, -0.25) is 5.32 Å². The van der Waals surface area contributed by atoms with E-state index in [-0.39, 0.29) is 13.2 Å². The van der Waals surface area contributed by atoms with Crippen molar-refractivity contribution in [2.75, 3.05) is 18.5 Å². The molecule has 0 aliphatic carbocycles. The molecule has 0 aromatic heterocycles. The summed E-state index contributed by atoms with van der Waals surface area (Å²) < 4.78 is 10.4. The number of hydrogen-bond acceptors (Lipinski definition) is 5. The summed E-state index contributed by atoms with van der Waals surface area (Å²) in [7, 11) is 0. The quantitative estimate of drug-likeness (QED) is 0.803. The number of aliphatic hydroxyl groups is 1. The lowest BCUT2D eigenvalue weighted by Gasteiger charge is -2.33. The molecule has 0 unspecified atom stereocenters. The maximum absolute atomic E-state index is 12.3. The summed E-state index contributed by atoms with van der Waals surface area (Å²) >= 11 is 0. The summed E-state index contributed by atoms with van der Waals surface area (Å²) in [5.74, 6) is 0. The van der Waals surface area contributed by atoms with Crippen molar-refractivity contribution in [1.82, 2.24) is 4.90 Å². The number of ether oxygens (including phenoxy) is 2. The molecule has 0 atom stereocenters. The van der Waals surface area contributed by atoms with Crippen LogP contribution in [0.3, 0.4) is 0 Å². The Kier molecular flexibility index (Phi) is 6.26. The molecular formula is C19H26N2O5. The Hall–Kier alpha value is -2.54. The lowest BCUT2D eigenvalue weighted by atomic mass is 9.93.